The van der Waals surface area contributed by atoms with Crippen LogP contribution in [0.15, 0.2) is 89.3 Å². The Morgan fingerprint density at radius 1 is 0.805 bits per heavy atom. The second-order valence-electron chi connectivity index (χ2n) is 9.79. The third-order valence-corrected chi connectivity index (χ3v) is 7.57. The summed E-state index contributed by atoms with van der Waals surface area (Å²) in [6, 6.07) is 26.4. The highest BCUT2D eigenvalue weighted by Crippen LogP contribution is 2.34. The Kier molecular flexibility index (Phi) is 7.82. The van der Waals surface area contributed by atoms with Crippen molar-refractivity contribution in [2.45, 2.75) is 32.2 Å². The fourth-order valence-electron chi connectivity index (χ4n) is 4.92. The van der Waals surface area contributed by atoms with Gasteiger partial charge in [0, 0.05) is 29.0 Å². The molecule has 0 radical (unpaired) electrons. The molecule has 208 valence electrons. The van der Waals surface area contributed by atoms with Gasteiger partial charge in [0.05, 0.1) is 13.2 Å². The van der Waals surface area contributed by atoms with Gasteiger partial charge in [-0.1, -0.05) is 43.7 Å². The Balaban J connectivity index is 1.05. The van der Waals surface area contributed by atoms with E-state index in [-0.39, 0.29) is 10.4 Å². The number of furan rings is 1. The van der Waals surface area contributed by atoms with E-state index in [4.69, 9.17) is 18.6 Å². The highest BCUT2D eigenvalue weighted by molar-refractivity contribution is 8.26. The average Bonchev–Trinajstić information content (AvgIpc) is 3.52. The summed E-state index contributed by atoms with van der Waals surface area (Å²) < 4.78 is 24.2. The molecule has 41 heavy (non-hydrogen) atoms. The van der Waals surface area contributed by atoms with Crippen molar-refractivity contribution in [2.75, 3.05) is 13.2 Å². The van der Waals surface area contributed by atoms with E-state index in [0.717, 1.165) is 57.6 Å². The maximum Gasteiger partial charge on any atom is 0.287 e. The Morgan fingerprint density at radius 3 is 2.46 bits per heavy atom. The van der Waals surface area contributed by atoms with E-state index in [9.17, 15) is 9.59 Å². The largest absolute Gasteiger partial charge is 0.493 e. The van der Waals surface area contributed by atoms with Crippen molar-refractivity contribution >= 4 is 44.1 Å². The zero-order chi connectivity index (χ0) is 28.2. The van der Waals surface area contributed by atoms with Gasteiger partial charge in [-0.05, 0) is 72.1 Å². The first-order valence-electron chi connectivity index (χ1n) is 13.7. The number of thioether (sulfide) groups is 1. The molecular formula is C33H29NO6S. The van der Waals surface area contributed by atoms with Crippen molar-refractivity contribution in [1.29, 1.82) is 0 Å². The van der Waals surface area contributed by atoms with Crippen LogP contribution in [0.2, 0.25) is 0 Å². The van der Waals surface area contributed by atoms with E-state index >= 15 is 0 Å². The van der Waals surface area contributed by atoms with Gasteiger partial charge in [0.15, 0.2) is 0 Å². The minimum atomic E-state index is -0.628. The fourth-order valence-corrected chi connectivity index (χ4v) is 5.59. The number of amides is 1. The molecule has 8 heteroatoms. The van der Waals surface area contributed by atoms with Gasteiger partial charge in [-0.15, -0.1) is 0 Å². The number of ether oxygens (including phenoxy) is 3. The molecule has 1 atom stereocenters. The van der Waals surface area contributed by atoms with Crippen LogP contribution in [0.4, 0.5) is 4.79 Å². The molecule has 1 amide bonds. The Hall–Kier alpha value is -4.43. The molecule has 1 aliphatic rings. The third kappa shape index (κ3) is 6.02. The SMILES string of the molecule is CCCc1cc(Oc2ccc3oc4ccccc4c3c2)ccc1OCCCOc1cccc(C2NC(=O)SC2=O)c1. The molecule has 1 saturated heterocycles. The number of carbonyl (C=O) groups is 2. The first kappa shape index (κ1) is 26.8. The van der Waals surface area contributed by atoms with Crippen LogP contribution in [-0.2, 0) is 11.2 Å². The third-order valence-electron chi connectivity index (χ3n) is 6.83. The summed E-state index contributed by atoms with van der Waals surface area (Å²) in [5.41, 5.74) is 3.50. The lowest BCUT2D eigenvalue weighted by atomic mass is 10.1. The van der Waals surface area contributed by atoms with Crippen LogP contribution in [0.1, 0.15) is 36.9 Å². The quantitative estimate of drug-likeness (QED) is 0.161. The summed E-state index contributed by atoms with van der Waals surface area (Å²) in [6.45, 7) is 3.09. The Labute approximate surface area is 241 Å². The molecule has 6 rings (SSSR count). The van der Waals surface area contributed by atoms with Gasteiger partial charge in [-0.3, -0.25) is 9.59 Å². The minimum Gasteiger partial charge on any atom is -0.493 e. The average molecular weight is 568 g/mol. The summed E-state index contributed by atoms with van der Waals surface area (Å²) in [7, 11) is 0. The smallest absolute Gasteiger partial charge is 0.287 e. The van der Waals surface area contributed by atoms with E-state index < -0.39 is 6.04 Å². The van der Waals surface area contributed by atoms with Crippen molar-refractivity contribution in [3.05, 3.63) is 96.1 Å². The van der Waals surface area contributed by atoms with E-state index in [2.05, 4.69) is 18.3 Å². The van der Waals surface area contributed by atoms with E-state index in [0.29, 0.717) is 42.7 Å². The van der Waals surface area contributed by atoms with Gasteiger partial charge in [-0.2, -0.15) is 0 Å². The number of carbonyl (C=O) groups excluding carboxylic acids is 2. The van der Waals surface area contributed by atoms with Gasteiger partial charge < -0.3 is 23.9 Å². The van der Waals surface area contributed by atoms with Crippen LogP contribution in [0.5, 0.6) is 23.0 Å². The van der Waals surface area contributed by atoms with Gasteiger partial charge in [0.25, 0.3) is 5.24 Å². The van der Waals surface area contributed by atoms with Gasteiger partial charge >= 0.3 is 0 Å². The molecule has 0 saturated carbocycles. The zero-order valence-corrected chi connectivity index (χ0v) is 23.4. The van der Waals surface area contributed by atoms with Crippen LogP contribution >= 0.6 is 11.8 Å². The molecule has 1 aliphatic heterocycles. The molecule has 1 N–H and O–H groups in total. The predicted molar refractivity (Wildman–Crippen MR) is 160 cm³/mol. The van der Waals surface area contributed by atoms with Crippen LogP contribution in [0, 0.1) is 0 Å². The molecule has 7 nitrogen and oxygen atoms in total. The van der Waals surface area contributed by atoms with E-state index in [1.165, 1.54) is 0 Å². The van der Waals surface area contributed by atoms with Crippen molar-refractivity contribution < 1.29 is 28.2 Å². The first-order valence-corrected chi connectivity index (χ1v) is 14.5. The lowest BCUT2D eigenvalue weighted by Gasteiger charge is -2.14. The fraction of sp³-hybridized carbons (Fsp3) is 0.212. The molecular weight excluding hydrogens is 538 g/mol. The number of nitrogens with one attached hydrogen (secondary N) is 1. The van der Waals surface area contributed by atoms with Crippen LogP contribution < -0.4 is 19.5 Å². The lowest BCUT2D eigenvalue weighted by Crippen LogP contribution is -2.19. The number of aryl methyl sites for hydroxylation is 1. The summed E-state index contributed by atoms with van der Waals surface area (Å²) in [5.74, 6) is 2.99. The van der Waals surface area contributed by atoms with E-state index in [1.807, 2.05) is 72.8 Å². The predicted octanol–water partition coefficient (Wildman–Crippen LogP) is 8.20. The van der Waals surface area contributed by atoms with Crippen LogP contribution in [0.3, 0.4) is 0 Å². The summed E-state index contributed by atoms with van der Waals surface area (Å²) in [4.78, 5) is 23.5. The number of fused-ring (bicyclic) bond motifs is 3. The number of para-hydroxylation sites is 1. The standard InChI is InChI=1S/C33H29NO6S/c1-2-7-21-18-24(39-25-13-15-30-27(20-25)26-10-3-4-11-29(26)40-30)12-14-28(21)38-17-6-16-37-23-9-5-8-22(19-23)31-32(35)41-33(36)34-31/h3-5,8-15,18-20,31H,2,6-7,16-17H2,1H3,(H,34,36). The molecule has 1 fully saturated rings. The molecule has 0 aliphatic carbocycles. The normalized spacial score (nSPS) is 14.9. The topological polar surface area (TPSA) is 87.0 Å². The second kappa shape index (κ2) is 12.0. The number of hydrogen-bond donors (Lipinski definition) is 1. The second-order valence-corrected chi connectivity index (χ2v) is 10.8. The van der Waals surface area contributed by atoms with Crippen molar-refractivity contribution in [3.63, 3.8) is 0 Å². The number of hydrogen-bond acceptors (Lipinski definition) is 7. The molecule has 0 bridgehead atoms. The summed E-state index contributed by atoms with van der Waals surface area (Å²) in [5, 5.41) is 4.24. The van der Waals surface area contributed by atoms with Crippen molar-refractivity contribution in [2.24, 2.45) is 0 Å². The molecule has 5 aromatic rings. The zero-order valence-electron chi connectivity index (χ0n) is 22.6. The van der Waals surface area contributed by atoms with Gasteiger partial charge in [0.1, 0.15) is 40.2 Å². The summed E-state index contributed by atoms with van der Waals surface area (Å²) in [6.07, 6.45) is 2.53. The maximum absolute atomic E-state index is 12.0. The van der Waals surface area contributed by atoms with Crippen LogP contribution in [0.25, 0.3) is 21.9 Å². The summed E-state index contributed by atoms with van der Waals surface area (Å²) >= 11 is 0.700. The Bertz CT molecular complexity index is 1730. The highest BCUT2D eigenvalue weighted by atomic mass is 32.2. The highest BCUT2D eigenvalue weighted by Gasteiger charge is 2.32. The maximum atomic E-state index is 12.0. The van der Waals surface area contributed by atoms with Gasteiger partial charge in [0.2, 0.25) is 5.12 Å². The molecule has 1 unspecified atom stereocenters. The van der Waals surface area contributed by atoms with Gasteiger partial charge in [-0.25, -0.2) is 0 Å². The Morgan fingerprint density at radius 2 is 1.61 bits per heavy atom. The van der Waals surface area contributed by atoms with Crippen molar-refractivity contribution in [3.8, 4) is 23.0 Å². The van der Waals surface area contributed by atoms with E-state index in [1.54, 1.807) is 6.07 Å². The van der Waals surface area contributed by atoms with Crippen molar-refractivity contribution in [1.82, 2.24) is 5.32 Å². The molecule has 4 aromatic carbocycles. The van der Waals surface area contributed by atoms with Crippen LogP contribution in [-0.4, -0.2) is 23.6 Å². The minimum absolute atomic E-state index is 0.201. The number of rotatable bonds is 11. The lowest BCUT2D eigenvalue weighted by molar-refractivity contribution is -0.112. The monoisotopic (exact) mass is 567 g/mol. The molecule has 2 heterocycles. The first-order chi connectivity index (χ1) is 20.1. The molecule has 1 aromatic heterocycles. The number of benzene rings is 4. The molecule has 0 spiro atoms.